The van der Waals surface area contributed by atoms with Crippen molar-refractivity contribution in [3.63, 3.8) is 0 Å². The maximum Gasteiger partial charge on any atom is 0.254 e. The summed E-state index contributed by atoms with van der Waals surface area (Å²) in [5, 5.41) is 20.4. The van der Waals surface area contributed by atoms with Crippen LogP contribution < -0.4 is 21.5 Å². The number of amides is 5. The molecule has 6 rings (SSSR count). The number of ketones is 3. The van der Waals surface area contributed by atoms with Crippen molar-refractivity contribution in [3.05, 3.63) is 74.1 Å². The Balaban J connectivity index is 0.951. The van der Waals surface area contributed by atoms with E-state index in [2.05, 4.69) is 16.0 Å². The molecule has 346 valence electrons. The summed E-state index contributed by atoms with van der Waals surface area (Å²) in [5.74, 6) is -3.75. The number of carbonyl (C=O) groups excluding carboxylic acids is 8. The van der Waals surface area contributed by atoms with Gasteiger partial charge < -0.3 is 30.4 Å². The van der Waals surface area contributed by atoms with Crippen LogP contribution in [0.2, 0.25) is 0 Å². The largest absolute Gasteiger partial charge is 0.377 e. The second-order valence-corrected chi connectivity index (χ2v) is 17.4. The molecule has 2 aliphatic heterocycles. The van der Waals surface area contributed by atoms with Gasteiger partial charge in [0.15, 0.2) is 17.3 Å². The molecule has 0 saturated heterocycles. The number of nitrogens with one attached hydrogen (secondary N) is 3. The van der Waals surface area contributed by atoms with E-state index < -0.39 is 35.4 Å². The topological polar surface area (TPSA) is 240 Å². The van der Waals surface area contributed by atoms with Crippen LogP contribution in [0.4, 0.5) is 0 Å². The zero-order chi connectivity index (χ0) is 47.3. The Morgan fingerprint density at radius 2 is 1.54 bits per heavy atom. The first-order chi connectivity index (χ1) is 30.8. The van der Waals surface area contributed by atoms with E-state index in [9.17, 15) is 48.3 Å². The molecule has 5 amide bonds. The van der Waals surface area contributed by atoms with Crippen molar-refractivity contribution in [1.82, 2.24) is 30.4 Å². The highest BCUT2D eigenvalue weighted by Gasteiger charge is 2.43. The molecule has 1 aromatic carbocycles. The number of carbonyl (C=O) groups is 8. The number of rotatable bonds is 21. The molecule has 0 saturated carbocycles. The molecule has 0 spiro atoms. The second-order valence-electron chi connectivity index (χ2n) is 17.4. The van der Waals surface area contributed by atoms with Gasteiger partial charge in [-0.05, 0) is 88.3 Å². The summed E-state index contributed by atoms with van der Waals surface area (Å²) >= 11 is 0. The molecule has 0 bridgehead atoms. The SMILES string of the molecule is CC[C@@]1(O)C(=O)CCc2c1cc1n(c2=O)Cc2c-1nc1cc(C)c(C)cc1c2CNC(=O)COCCC(=O)[C@H](C)NC(=O)[C@H](C)CC(=O)[C@H](C)NC(=O)CCCCCN1C(=O)C=CC1=O. The lowest BCUT2D eigenvalue weighted by molar-refractivity contribution is -0.140. The molecule has 1 aliphatic carbocycles. The van der Waals surface area contributed by atoms with E-state index in [1.807, 2.05) is 26.0 Å². The predicted molar refractivity (Wildman–Crippen MR) is 238 cm³/mol. The lowest BCUT2D eigenvalue weighted by Crippen LogP contribution is -2.44. The normalized spacial score (nSPS) is 17.6. The second kappa shape index (κ2) is 20.3. The lowest BCUT2D eigenvalue weighted by Gasteiger charge is -2.32. The van der Waals surface area contributed by atoms with Crippen LogP contribution in [-0.4, -0.2) is 98.3 Å². The monoisotopic (exact) mass is 894 g/mol. The number of unbranched alkanes of at least 4 members (excludes halogenated alkanes) is 2. The van der Waals surface area contributed by atoms with Gasteiger partial charge in [-0.2, -0.15) is 0 Å². The molecule has 17 heteroatoms. The number of aliphatic hydroxyl groups is 1. The Kier molecular flexibility index (Phi) is 15.1. The number of imide groups is 1. The van der Waals surface area contributed by atoms with Gasteiger partial charge in [-0.3, -0.25) is 48.1 Å². The van der Waals surface area contributed by atoms with Crippen LogP contribution in [0.3, 0.4) is 0 Å². The van der Waals surface area contributed by atoms with Gasteiger partial charge in [0, 0.05) is 78.9 Å². The van der Waals surface area contributed by atoms with E-state index in [1.165, 1.54) is 26.0 Å². The quantitative estimate of drug-likeness (QED) is 0.0698. The van der Waals surface area contributed by atoms with Gasteiger partial charge in [0.2, 0.25) is 17.7 Å². The highest BCUT2D eigenvalue weighted by atomic mass is 16.5. The first-order valence-corrected chi connectivity index (χ1v) is 22.3. The van der Waals surface area contributed by atoms with Crippen LogP contribution in [0.25, 0.3) is 22.3 Å². The van der Waals surface area contributed by atoms with Gasteiger partial charge in [0.1, 0.15) is 12.2 Å². The molecule has 4 heterocycles. The van der Waals surface area contributed by atoms with Crippen molar-refractivity contribution in [2.45, 2.75) is 130 Å². The summed E-state index contributed by atoms with van der Waals surface area (Å²) in [4.78, 5) is 120. The fourth-order valence-electron chi connectivity index (χ4n) is 8.58. The standard InChI is InChI=1S/C48H58N6O11/c1-7-48(64)35-22-37-45-34(24-54(37)47(63)31(35)12-13-40(48)57)33(32-19-26(2)27(3)20-36(32)52-45)23-49-42(59)25-65-18-16-38(55)29(5)51-46(62)28(4)21-39(56)30(6)50-41(58)11-9-8-10-17-53-43(60)14-15-44(53)61/h14-15,19-20,22,28-30,64H,7-13,16-18,21,23-25H2,1-6H3,(H,49,59)(H,50,58)(H,51,62)/t28-,29+,30+,48+/m1/s1. The van der Waals surface area contributed by atoms with E-state index in [1.54, 1.807) is 24.5 Å². The average molecular weight is 895 g/mol. The van der Waals surface area contributed by atoms with Crippen LogP contribution in [0.15, 0.2) is 35.1 Å². The minimum Gasteiger partial charge on any atom is -0.377 e. The van der Waals surface area contributed by atoms with Crippen LogP contribution >= 0.6 is 0 Å². The van der Waals surface area contributed by atoms with E-state index in [4.69, 9.17) is 9.72 Å². The minimum atomic E-state index is -1.75. The summed E-state index contributed by atoms with van der Waals surface area (Å²) < 4.78 is 7.17. The van der Waals surface area contributed by atoms with Crippen molar-refractivity contribution in [1.29, 1.82) is 0 Å². The first kappa shape index (κ1) is 48.3. The van der Waals surface area contributed by atoms with Gasteiger partial charge in [0.05, 0.1) is 42.1 Å². The summed E-state index contributed by atoms with van der Waals surface area (Å²) in [6.07, 6.45) is 4.48. The van der Waals surface area contributed by atoms with Gasteiger partial charge in [0.25, 0.3) is 17.4 Å². The predicted octanol–water partition coefficient (Wildman–Crippen LogP) is 2.84. The van der Waals surface area contributed by atoms with Crippen LogP contribution in [0.5, 0.6) is 0 Å². The smallest absolute Gasteiger partial charge is 0.254 e. The Labute approximate surface area is 376 Å². The third-order valence-corrected chi connectivity index (χ3v) is 12.8. The summed E-state index contributed by atoms with van der Waals surface area (Å²) in [7, 11) is 0. The molecule has 0 unspecified atom stereocenters. The highest BCUT2D eigenvalue weighted by Crippen LogP contribution is 2.41. The molecule has 4 N–H and O–H groups in total. The third-order valence-electron chi connectivity index (χ3n) is 12.8. The first-order valence-electron chi connectivity index (χ1n) is 22.3. The maximum atomic E-state index is 13.9. The number of Topliss-reactive ketones (excluding diaryl/α,β-unsaturated/α-hetero) is 3. The van der Waals surface area contributed by atoms with Gasteiger partial charge in [-0.25, -0.2) is 4.98 Å². The number of aryl methyl sites for hydroxylation is 2. The Morgan fingerprint density at radius 1 is 0.846 bits per heavy atom. The summed E-state index contributed by atoms with van der Waals surface area (Å²) in [5.41, 5.74) is 3.99. The summed E-state index contributed by atoms with van der Waals surface area (Å²) in [6, 6.07) is 3.96. The molecular formula is C48H58N6O11. The Morgan fingerprint density at radius 3 is 2.25 bits per heavy atom. The van der Waals surface area contributed by atoms with E-state index in [0.717, 1.165) is 32.5 Å². The third kappa shape index (κ3) is 10.5. The van der Waals surface area contributed by atoms with Crippen molar-refractivity contribution in [3.8, 4) is 11.4 Å². The average Bonchev–Trinajstić information content (AvgIpc) is 3.80. The number of nitrogens with zero attached hydrogens (tertiary/aromatic N) is 3. The van der Waals surface area contributed by atoms with Gasteiger partial charge in [-0.15, -0.1) is 0 Å². The molecule has 17 nitrogen and oxygen atoms in total. The minimum absolute atomic E-state index is 0.0797. The fraction of sp³-hybridized carbons (Fsp3) is 0.500. The number of hydrogen-bond acceptors (Lipinski definition) is 12. The lowest BCUT2D eigenvalue weighted by atomic mass is 9.77. The van der Waals surface area contributed by atoms with Gasteiger partial charge >= 0.3 is 0 Å². The Hall–Kier alpha value is -6.20. The zero-order valence-corrected chi connectivity index (χ0v) is 37.9. The van der Waals surface area contributed by atoms with Crippen molar-refractivity contribution < 1.29 is 48.2 Å². The number of benzene rings is 1. The van der Waals surface area contributed by atoms with E-state index in [0.29, 0.717) is 47.3 Å². The molecular weight excluding hydrogens is 837 g/mol. The van der Waals surface area contributed by atoms with Crippen LogP contribution in [0.1, 0.15) is 112 Å². The molecule has 3 aliphatic rings. The van der Waals surface area contributed by atoms with Crippen molar-refractivity contribution in [2.75, 3.05) is 19.8 Å². The van der Waals surface area contributed by atoms with Crippen LogP contribution in [-0.2, 0) is 68.2 Å². The highest BCUT2D eigenvalue weighted by molar-refractivity contribution is 6.12. The molecule has 3 aromatic rings. The van der Waals surface area contributed by atoms with Crippen LogP contribution in [0, 0.1) is 19.8 Å². The number of fused-ring (bicyclic) bond motifs is 5. The molecule has 0 radical (unpaired) electrons. The summed E-state index contributed by atoms with van der Waals surface area (Å²) in [6.45, 7) is 10.4. The maximum absolute atomic E-state index is 13.9. The molecule has 4 atom stereocenters. The Bertz CT molecular complexity index is 2540. The number of ether oxygens (including phenoxy) is 1. The van der Waals surface area contributed by atoms with E-state index in [-0.39, 0.29) is 112 Å². The van der Waals surface area contributed by atoms with E-state index >= 15 is 0 Å². The van der Waals surface area contributed by atoms with Gasteiger partial charge in [-0.1, -0.05) is 20.3 Å². The zero-order valence-electron chi connectivity index (χ0n) is 37.9. The molecule has 0 fully saturated rings. The van der Waals surface area contributed by atoms with Crippen molar-refractivity contribution in [2.24, 2.45) is 5.92 Å². The molecule has 65 heavy (non-hydrogen) atoms. The number of aromatic nitrogens is 2. The number of pyridine rings is 2. The fourth-order valence-corrected chi connectivity index (χ4v) is 8.58. The number of hydrogen-bond donors (Lipinski definition) is 4. The molecule has 2 aromatic heterocycles. The van der Waals surface area contributed by atoms with Crippen molar-refractivity contribution >= 4 is 57.8 Å².